The van der Waals surface area contributed by atoms with Gasteiger partial charge in [-0.1, -0.05) is 13.8 Å². The Labute approximate surface area is 71.3 Å². The quantitative estimate of drug-likeness (QED) is 0.568. The molecule has 1 rings (SSSR count). The Kier molecular flexibility index (Phi) is 2.35. The standard InChI is InChI=1S/C8H13NO3/c1-4(2)6-8(11)12-5(3)7(10)9-6/h4-6H,1-3H3,(H,9,10)/t5-,6+/m1/s1. The predicted molar refractivity (Wildman–Crippen MR) is 42.3 cm³/mol. The van der Waals surface area contributed by atoms with Crippen LogP contribution in [0.2, 0.25) is 0 Å². The van der Waals surface area contributed by atoms with E-state index in [1.165, 1.54) is 0 Å². The molecule has 0 aromatic carbocycles. The summed E-state index contributed by atoms with van der Waals surface area (Å²) < 4.78 is 4.82. The average Bonchev–Trinajstić information content (AvgIpc) is 1.96. The van der Waals surface area contributed by atoms with E-state index in [1.807, 2.05) is 13.8 Å². The molecule has 0 spiro atoms. The lowest BCUT2D eigenvalue weighted by Crippen LogP contribution is -2.55. The third kappa shape index (κ3) is 1.57. The molecule has 0 aliphatic carbocycles. The van der Waals surface area contributed by atoms with E-state index < -0.39 is 12.1 Å². The zero-order valence-corrected chi connectivity index (χ0v) is 7.46. The maximum atomic E-state index is 11.2. The molecule has 0 bridgehead atoms. The molecule has 1 aliphatic rings. The van der Waals surface area contributed by atoms with Crippen LogP contribution in [-0.2, 0) is 14.3 Å². The summed E-state index contributed by atoms with van der Waals surface area (Å²) in [7, 11) is 0. The first kappa shape index (κ1) is 9.03. The van der Waals surface area contributed by atoms with Crippen LogP contribution in [0.5, 0.6) is 0 Å². The molecule has 0 radical (unpaired) electrons. The third-order valence-corrected chi connectivity index (χ3v) is 1.88. The van der Waals surface area contributed by atoms with Crippen molar-refractivity contribution in [2.24, 2.45) is 5.92 Å². The average molecular weight is 171 g/mol. The van der Waals surface area contributed by atoms with Crippen molar-refractivity contribution in [3.8, 4) is 0 Å². The van der Waals surface area contributed by atoms with Crippen molar-refractivity contribution in [1.82, 2.24) is 5.32 Å². The minimum atomic E-state index is -0.646. The molecule has 1 amide bonds. The molecular formula is C8H13NO3. The van der Waals surface area contributed by atoms with Gasteiger partial charge in [-0.15, -0.1) is 0 Å². The van der Waals surface area contributed by atoms with Gasteiger partial charge in [0, 0.05) is 0 Å². The number of ether oxygens (including phenoxy) is 1. The van der Waals surface area contributed by atoms with Gasteiger partial charge in [0.2, 0.25) is 0 Å². The molecule has 1 N–H and O–H groups in total. The summed E-state index contributed by atoms with van der Waals surface area (Å²) in [4.78, 5) is 22.2. The van der Waals surface area contributed by atoms with Gasteiger partial charge in [-0.2, -0.15) is 0 Å². The lowest BCUT2D eigenvalue weighted by atomic mass is 10.0. The predicted octanol–water partition coefficient (Wildman–Crippen LogP) is 0.0725. The lowest BCUT2D eigenvalue weighted by Gasteiger charge is -2.28. The molecule has 68 valence electrons. The van der Waals surface area contributed by atoms with E-state index in [0.717, 1.165) is 0 Å². The highest BCUT2D eigenvalue weighted by Crippen LogP contribution is 2.10. The number of rotatable bonds is 1. The topological polar surface area (TPSA) is 55.4 Å². The molecule has 0 aromatic heterocycles. The Morgan fingerprint density at radius 2 is 2.00 bits per heavy atom. The fourth-order valence-electron chi connectivity index (χ4n) is 1.07. The van der Waals surface area contributed by atoms with Crippen LogP contribution in [0.15, 0.2) is 0 Å². The molecule has 2 atom stereocenters. The number of nitrogens with one attached hydrogen (secondary N) is 1. The van der Waals surface area contributed by atoms with Crippen LogP contribution in [0.25, 0.3) is 0 Å². The van der Waals surface area contributed by atoms with E-state index in [4.69, 9.17) is 4.74 Å². The summed E-state index contributed by atoms with van der Waals surface area (Å²) in [6.45, 7) is 5.29. The fourth-order valence-corrected chi connectivity index (χ4v) is 1.07. The Morgan fingerprint density at radius 1 is 1.42 bits per heavy atom. The smallest absolute Gasteiger partial charge is 0.329 e. The van der Waals surface area contributed by atoms with E-state index in [-0.39, 0.29) is 17.8 Å². The number of morpholine rings is 1. The maximum absolute atomic E-state index is 11.2. The van der Waals surface area contributed by atoms with Crippen LogP contribution in [0.4, 0.5) is 0 Å². The van der Waals surface area contributed by atoms with E-state index in [2.05, 4.69) is 5.32 Å². The van der Waals surface area contributed by atoms with Gasteiger partial charge in [0.1, 0.15) is 6.04 Å². The third-order valence-electron chi connectivity index (χ3n) is 1.88. The number of esters is 1. The van der Waals surface area contributed by atoms with E-state index in [1.54, 1.807) is 6.92 Å². The van der Waals surface area contributed by atoms with Crippen LogP contribution < -0.4 is 5.32 Å². The van der Waals surface area contributed by atoms with Gasteiger partial charge >= 0.3 is 5.97 Å². The molecule has 1 saturated heterocycles. The minimum Gasteiger partial charge on any atom is -0.451 e. The van der Waals surface area contributed by atoms with Crippen molar-refractivity contribution < 1.29 is 14.3 Å². The molecular weight excluding hydrogens is 158 g/mol. The summed E-state index contributed by atoms with van der Waals surface area (Å²) in [6, 6.07) is -0.478. The first-order valence-electron chi connectivity index (χ1n) is 4.03. The van der Waals surface area contributed by atoms with Gasteiger partial charge < -0.3 is 10.1 Å². The van der Waals surface area contributed by atoms with Gasteiger partial charge in [0.25, 0.3) is 5.91 Å². The Bertz CT molecular complexity index is 212. The fraction of sp³-hybridized carbons (Fsp3) is 0.750. The summed E-state index contributed by atoms with van der Waals surface area (Å²) in [5.74, 6) is -0.473. The van der Waals surface area contributed by atoms with Gasteiger partial charge in [0.15, 0.2) is 6.10 Å². The number of carbonyl (C=O) groups excluding carboxylic acids is 2. The monoisotopic (exact) mass is 171 g/mol. The number of amides is 1. The highest BCUT2D eigenvalue weighted by Gasteiger charge is 2.34. The van der Waals surface area contributed by atoms with Crippen molar-refractivity contribution in [1.29, 1.82) is 0 Å². The van der Waals surface area contributed by atoms with Crippen LogP contribution in [-0.4, -0.2) is 24.0 Å². The Hall–Kier alpha value is -1.06. The van der Waals surface area contributed by atoms with Crippen LogP contribution in [0, 0.1) is 5.92 Å². The second kappa shape index (κ2) is 3.13. The van der Waals surface area contributed by atoms with Gasteiger partial charge in [-0.25, -0.2) is 4.79 Å². The zero-order chi connectivity index (χ0) is 9.30. The van der Waals surface area contributed by atoms with Crippen molar-refractivity contribution in [2.75, 3.05) is 0 Å². The molecule has 1 heterocycles. The number of hydrogen-bond acceptors (Lipinski definition) is 3. The zero-order valence-electron chi connectivity index (χ0n) is 7.46. The summed E-state index contributed by atoms with van der Waals surface area (Å²) in [6.07, 6.45) is -0.646. The Balaban J connectivity index is 2.68. The molecule has 12 heavy (non-hydrogen) atoms. The van der Waals surface area contributed by atoms with E-state index in [9.17, 15) is 9.59 Å². The van der Waals surface area contributed by atoms with E-state index in [0.29, 0.717) is 0 Å². The first-order valence-corrected chi connectivity index (χ1v) is 4.03. The first-order chi connectivity index (χ1) is 5.52. The maximum Gasteiger partial charge on any atom is 0.329 e. The second-order valence-corrected chi connectivity index (χ2v) is 3.31. The van der Waals surface area contributed by atoms with Crippen LogP contribution >= 0.6 is 0 Å². The normalized spacial score (nSPS) is 30.0. The molecule has 1 fully saturated rings. The molecule has 4 heteroatoms. The van der Waals surface area contributed by atoms with Crippen molar-refractivity contribution in [3.63, 3.8) is 0 Å². The summed E-state index contributed by atoms with van der Waals surface area (Å²) in [5.41, 5.74) is 0. The van der Waals surface area contributed by atoms with E-state index >= 15 is 0 Å². The number of hydrogen-bond donors (Lipinski definition) is 1. The lowest BCUT2D eigenvalue weighted by molar-refractivity contribution is -0.165. The molecule has 0 aromatic rings. The van der Waals surface area contributed by atoms with Crippen LogP contribution in [0.3, 0.4) is 0 Å². The highest BCUT2D eigenvalue weighted by molar-refractivity contribution is 5.92. The minimum absolute atomic E-state index is 0.0777. The van der Waals surface area contributed by atoms with Crippen molar-refractivity contribution >= 4 is 11.9 Å². The van der Waals surface area contributed by atoms with Gasteiger partial charge in [-0.05, 0) is 12.8 Å². The SMILES string of the molecule is CC(C)[C@@H]1NC(=O)[C@@H](C)OC1=O. The summed E-state index contributed by atoms with van der Waals surface area (Å²) >= 11 is 0. The largest absolute Gasteiger partial charge is 0.451 e. The molecule has 0 saturated carbocycles. The van der Waals surface area contributed by atoms with Crippen molar-refractivity contribution in [2.45, 2.75) is 32.9 Å². The van der Waals surface area contributed by atoms with Crippen molar-refractivity contribution in [3.05, 3.63) is 0 Å². The second-order valence-electron chi connectivity index (χ2n) is 3.31. The van der Waals surface area contributed by atoms with Gasteiger partial charge in [-0.3, -0.25) is 4.79 Å². The van der Waals surface area contributed by atoms with Crippen LogP contribution in [0.1, 0.15) is 20.8 Å². The number of cyclic esters (lactones) is 1. The molecule has 4 nitrogen and oxygen atoms in total. The molecule has 1 aliphatic heterocycles. The number of carbonyl (C=O) groups is 2. The Morgan fingerprint density at radius 3 is 2.50 bits per heavy atom. The highest BCUT2D eigenvalue weighted by atomic mass is 16.6. The molecule has 0 unspecified atom stereocenters. The van der Waals surface area contributed by atoms with Gasteiger partial charge in [0.05, 0.1) is 0 Å². The summed E-state index contributed by atoms with van der Waals surface area (Å²) in [5, 5.41) is 2.60.